The highest BCUT2D eigenvalue weighted by Gasteiger charge is 2.59. The maximum absolute atomic E-state index is 12.4. The molecule has 0 aliphatic heterocycles. The van der Waals surface area contributed by atoms with Crippen LogP contribution in [-0.4, -0.2) is 35.7 Å². The molecule has 5 heteroatoms. The van der Waals surface area contributed by atoms with Crippen molar-refractivity contribution in [3.05, 3.63) is 0 Å². The van der Waals surface area contributed by atoms with Gasteiger partial charge in [-0.25, -0.2) is 4.79 Å². The highest BCUT2D eigenvalue weighted by Crippen LogP contribution is 2.54. The van der Waals surface area contributed by atoms with Crippen molar-refractivity contribution in [2.45, 2.75) is 84.2 Å². The molecule has 1 amide bonds. The van der Waals surface area contributed by atoms with Crippen molar-refractivity contribution in [3.63, 3.8) is 0 Å². The van der Waals surface area contributed by atoms with Gasteiger partial charge in [0.1, 0.15) is 11.9 Å². The lowest BCUT2D eigenvalue weighted by atomic mass is 9.71. The number of hydrogen-bond donors (Lipinski definition) is 1. The zero-order chi connectivity index (χ0) is 17.4. The number of ether oxygens (including phenoxy) is 2. The summed E-state index contributed by atoms with van der Waals surface area (Å²) in [6.07, 6.45) is 3.61. The molecule has 2 fully saturated rings. The van der Waals surface area contributed by atoms with E-state index in [1.807, 2.05) is 41.5 Å². The molecule has 2 aliphatic rings. The third-order valence-corrected chi connectivity index (χ3v) is 5.09. The molecule has 0 heterocycles. The number of carbonyl (C=O) groups is 2. The fourth-order valence-electron chi connectivity index (χ4n) is 4.33. The minimum absolute atomic E-state index is 0.103. The summed E-state index contributed by atoms with van der Waals surface area (Å²) < 4.78 is 11.5. The van der Waals surface area contributed by atoms with Gasteiger partial charge < -0.3 is 19.6 Å². The van der Waals surface area contributed by atoms with Crippen molar-refractivity contribution in [2.24, 2.45) is 17.8 Å². The summed E-state index contributed by atoms with van der Waals surface area (Å²) in [4.78, 5) is 23.9. The lowest BCUT2D eigenvalue weighted by molar-refractivity contribution is -0.116. The second kappa shape index (κ2) is 6.42. The van der Waals surface area contributed by atoms with Gasteiger partial charge in [0.2, 0.25) is 0 Å². The lowest BCUT2D eigenvalue weighted by Crippen LogP contribution is -2.60. The van der Waals surface area contributed by atoms with E-state index in [0.717, 1.165) is 25.5 Å². The Bertz CT molecular complexity index is 456. The molecule has 0 spiro atoms. The molecule has 5 unspecified atom stereocenters. The highest BCUT2D eigenvalue weighted by atomic mass is 16.6. The van der Waals surface area contributed by atoms with Crippen LogP contribution in [-0.2, 0) is 14.3 Å². The van der Waals surface area contributed by atoms with E-state index in [0.29, 0.717) is 5.92 Å². The molecule has 0 saturated heterocycles. The smallest absolute Gasteiger partial charge is 0.408 e. The molecule has 0 aromatic heterocycles. The van der Waals surface area contributed by atoms with E-state index in [2.05, 4.69) is 5.32 Å². The van der Waals surface area contributed by atoms with Crippen molar-refractivity contribution in [3.8, 4) is 0 Å². The largest absolute Gasteiger partial charge is 0.444 e. The Kier molecular flexibility index (Phi) is 5.09. The van der Waals surface area contributed by atoms with Crippen LogP contribution in [0.4, 0.5) is 4.79 Å². The maximum atomic E-state index is 12.4. The van der Waals surface area contributed by atoms with Gasteiger partial charge in [0, 0.05) is 11.8 Å². The first-order chi connectivity index (χ1) is 10.6. The third kappa shape index (κ3) is 3.87. The molecule has 1 N–H and O–H groups in total. The molecule has 23 heavy (non-hydrogen) atoms. The second-order valence-electron chi connectivity index (χ2n) is 8.46. The van der Waals surface area contributed by atoms with Gasteiger partial charge in [0.05, 0.1) is 17.7 Å². The lowest BCUT2D eigenvalue weighted by Gasteiger charge is -2.44. The normalized spacial score (nSPS) is 34.5. The number of rotatable bonds is 5. The van der Waals surface area contributed by atoms with Gasteiger partial charge in [-0.1, -0.05) is 6.92 Å². The predicted molar refractivity (Wildman–Crippen MR) is 88.2 cm³/mol. The van der Waals surface area contributed by atoms with Crippen LogP contribution in [0.15, 0.2) is 0 Å². The van der Waals surface area contributed by atoms with Crippen molar-refractivity contribution >= 4 is 12.4 Å². The molecule has 0 radical (unpaired) electrons. The zero-order valence-corrected chi connectivity index (χ0v) is 15.2. The molecule has 5 atom stereocenters. The van der Waals surface area contributed by atoms with Gasteiger partial charge in [0.25, 0.3) is 0 Å². The van der Waals surface area contributed by atoms with Crippen molar-refractivity contribution in [2.75, 3.05) is 0 Å². The third-order valence-electron chi connectivity index (χ3n) is 5.09. The SMILES string of the molecule is CC(C)OC1CC2CC1C(NC(=O)OC(C)(C)C)(C(C)C=O)C2. The van der Waals surface area contributed by atoms with E-state index in [9.17, 15) is 9.59 Å². The molecule has 5 nitrogen and oxygen atoms in total. The summed E-state index contributed by atoms with van der Waals surface area (Å²) >= 11 is 0. The maximum Gasteiger partial charge on any atom is 0.408 e. The Labute approximate surface area is 139 Å². The second-order valence-corrected chi connectivity index (χ2v) is 8.46. The van der Waals surface area contributed by atoms with Gasteiger partial charge >= 0.3 is 6.09 Å². The number of amides is 1. The molecule has 132 valence electrons. The van der Waals surface area contributed by atoms with Crippen LogP contribution in [0.2, 0.25) is 0 Å². The van der Waals surface area contributed by atoms with Crippen LogP contribution in [0, 0.1) is 17.8 Å². The Morgan fingerprint density at radius 1 is 1.26 bits per heavy atom. The van der Waals surface area contributed by atoms with Gasteiger partial charge in [-0.3, -0.25) is 0 Å². The van der Waals surface area contributed by atoms with Crippen LogP contribution in [0.3, 0.4) is 0 Å². The summed E-state index contributed by atoms with van der Waals surface area (Å²) in [6.45, 7) is 11.5. The summed E-state index contributed by atoms with van der Waals surface area (Å²) in [7, 11) is 0. The quantitative estimate of drug-likeness (QED) is 0.788. The van der Waals surface area contributed by atoms with Crippen LogP contribution >= 0.6 is 0 Å². The molecule has 2 bridgehead atoms. The van der Waals surface area contributed by atoms with E-state index in [1.54, 1.807) is 0 Å². The van der Waals surface area contributed by atoms with E-state index in [-0.39, 0.29) is 24.0 Å². The van der Waals surface area contributed by atoms with Crippen molar-refractivity contribution in [1.29, 1.82) is 0 Å². The van der Waals surface area contributed by atoms with Crippen LogP contribution in [0.25, 0.3) is 0 Å². The first-order valence-corrected chi connectivity index (χ1v) is 8.69. The number of nitrogens with one attached hydrogen (secondary N) is 1. The van der Waals surface area contributed by atoms with E-state index in [1.165, 1.54) is 0 Å². The van der Waals surface area contributed by atoms with E-state index in [4.69, 9.17) is 9.47 Å². The summed E-state index contributed by atoms with van der Waals surface area (Å²) in [5.74, 6) is 0.410. The minimum Gasteiger partial charge on any atom is -0.444 e. The van der Waals surface area contributed by atoms with Crippen LogP contribution < -0.4 is 5.32 Å². The van der Waals surface area contributed by atoms with Crippen molar-refractivity contribution in [1.82, 2.24) is 5.32 Å². The van der Waals surface area contributed by atoms with Crippen LogP contribution in [0.1, 0.15) is 60.8 Å². The number of carbonyl (C=O) groups excluding carboxylic acids is 2. The summed E-state index contributed by atoms with van der Waals surface area (Å²) in [6, 6.07) is 0. The average Bonchev–Trinajstić information content (AvgIpc) is 2.92. The van der Waals surface area contributed by atoms with Crippen LogP contribution in [0.5, 0.6) is 0 Å². The molecule has 0 aromatic carbocycles. The van der Waals surface area contributed by atoms with E-state index < -0.39 is 17.2 Å². The highest BCUT2D eigenvalue weighted by molar-refractivity contribution is 5.70. The first kappa shape index (κ1) is 18.2. The minimum atomic E-state index is -0.554. The van der Waals surface area contributed by atoms with Gasteiger partial charge in [-0.15, -0.1) is 0 Å². The standard InChI is InChI=1S/C18H31NO4/c1-11(2)22-15-8-13-7-14(15)18(9-13,12(3)10-20)19-16(21)23-17(4,5)6/h10-15H,7-9H2,1-6H3,(H,19,21). The molecule has 2 aliphatic carbocycles. The number of aldehydes is 1. The van der Waals surface area contributed by atoms with Gasteiger partial charge in [-0.05, 0) is 59.8 Å². The number of fused-ring (bicyclic) bond motifs is 2. The number of alkyl carbamates (subject to hydrolysis) is 1. The average molecular weight is 325 g/mol. The fraction of sp³-hybridized carbons (Fsp3) is 0.889. The molecule has 2 saturated carbocycles. The van der Waals surface area contributed by atoms with Gasteiger partial charge in [0.15, 0.2) is 0 Å². The Morgan fingerprint density at radius 3 is 2.39 bits per heavy atom. The predicted octanol–water partition coefficient (Wildman–Crippen LogP) is 3.31. The molecular formula is C18H31NO4. The molecule has 0 aromatic rings. The van der Waals surface area contributed by atoms with Gasteiger partial charge in [-0.2, -0.15) is 0 Å². The first-order valence-electron chi connectivity index (χ1n) is 8.69. The fourth-order valence-corrected chi connectivity index (χ4v) is 4.33. The summed E-state index contributed by atoms with van der Waals surface area (Å²) in [5, 5.41) is 3.06. The zero-order valence-electron chi connectivity index (χ0n) is 15.2. The molecular weight excluding hydrogens is 294 g/mol. The van der Waals surface area contributed by atoms with E-state index >= 15 is 0 Å². The number of hydrogen-bond acceptors (Lipinski definition) is 4. The van der Waals surface area contributed by atoms with Crippen molar-refractivity contribution < 1.29 is 19.1 Å². The molecule has 2 rings (SSSR count). The Balaban J connectivity index is 2.20. The Morgan fingerprint density at radius 2 is 1.91 bits per heavy atom. The topological polar surface area (TPSA) is 64.6 Å². The summed E-state index contributed by atoms with van der Waals surface area (Å²) in [5.41, 5.74) is -1.10. The monoisotopic (exact) mass is 325 g/mol. The Hall–Kier alpha value is -1.10.